The van der Waals surface area contributed by atoms with Crippen LogP contribution in [0.2, 0.25) is 0 Å². The summed E-state index contributed by atoms with van der Waals surface area (Å²) in [5.74, 6) is -1.11. The summed E-state index contributed by atoms with van der Waals surface area (Å²) in [6.07, 6.45) is 2.28. The molecule has 0 radical (unpaired) electrons. The van der Waals surface area contributed by atoms with Crippen LogP contribution in [-0.2, 0) is 5.54 Å². The van der Waals surface area contributed by atoms with Crippen LogP contribution in [0.1, 0.15) is 24.8 Å². The van der Waals surface area contributed by atoms with Crippen molar-refractivity contribution in [3.05, 3.63) is 29.3 Å². The summed E-state index contributed by atoms with van der Waals surface area (Å²) in [4.78, 5) is 0. The van der Waals surface area contributed by atoms with Gasteiger partial charge in [0.2, 0.25) is 0 Å². The Bertz CT molecular complexity index is 388. The molecule has 0 amide bonds. The van der Waals surface area contributed by atoms with Crippen molar-refractivity contribution in [2.24, 2.45) is 5.73 Å². The van der Waals surface area contributed by atoms with Gasteiger partial charge in [-0.1, -0.05) is 0 Å². The smallest absolute Gasteiger partial charge is 0.165 e. The summed E-state index contributed by atoms with van der Waals surface area (Å²) in [7, 11) is 1.32. The lowest BCUT2D eigenvalue weighted by molar-refractivity contribution is 0.231. The second kappa shape index (κ2) is 3.45. The lowest BCUT2D eigenvalue weighted by atomic mass is 9.72. The molecule has 0 spiro atoms. The zero-order valence-corrected chi connectivity index (χ0v) is 8.52. The van der Waals surface area contributed by atoms with Gasteiger partial charge < -0.3 is 10.5 Å². The highest BCUT2D eigenvalue weighted by Crippen LogP contribution is 2.44. The molecule has 1 aliphatic rings. The van der Waals surface area contributed by atoms with Gasteiger partial charge in [0.15, 0.2) is 11.6 Å². The van der Waals surface area contributed by atoms with Crippen molar-refractivity contribution in [3.63, 3.8) is 0 Å². The van der Waals surface area contributed by atoms with Gasteiger partial charge in [-0.05, 0) is 31.4 Å². The van der Waals surface area contributed by atoms with Gasteiger partial charge in [0, 0.05) is 5.54 Å². The van der Waals surface area contributed by atoms with Crippen LogP contribution in [0.15, 0.2) is 12.1 Å². The molecule has 15 heavy (non-hydrogen) atoms. The number of rotatable bonds is 2. The molecule has 0 aliphatic heterocycles. The van der Waals surface area contributed by atoms with Gasteiger partial charge >= 0.3 is 0 Å². The van der Waals surface area contributed by atoms with Crippen LogP contribution in [0.25, 0.3) is 0 Å². The molecule has 0 heterocycles. The molecular formula is C11H13F2NO. The Labute approximate surface area is 87.0 Å². The van der Waals surface area contributed by atoms with Gasteiger partial charge in [-0.15, -0.1) is 0 Å². The molecule has 2 rings (SSSR count). The summed E-state index contributed by atoms with van der Waals surface area (Å²) in [6.45, 7) is 0. The quantitative estimate of drug-likeness (QED) is 0.818. The number of halogens is 2. The van der Waals surface area contributed by atoms with Crippen molar-refractivity contribution in [3.8, 4) is 5.75 Å². The Balaban J connectivity index is 2.57. The van der Waals surface area contributed by atoms with Crippen molar-refractivity contribution in [2.75, 3.05) is 7.11 Å². The Kier molecular flexibility index (Phi) is 2.38. The third-order valence-corrected chi connectivity index (χ3v) is 3.01. The Morgan fingerprint density at radius 1 is 1.27 bits per heavy atom. The molecular weight excluding hydrogens is 200 g/mol. The summed E-state index contributed by atoms with van der Waals surface area (Å²) in [5.41, 5.74) is 5.41. The second-order valence-electron chi connectivity index (χ2n) is 3.95. The van der Waals surface area contributed by atoms with E-state index in [1.807, 2.05) is 0 Å². The molecule has 1 aromatic rings. The van der Waals surface area contributed by atoms with E-state index in [0.717, 1.165) is 18.6 Å². The lowest BCUT2D eigenvalue weighted by Gasteiger charge is -2.39. The van der Waals surface area contributed by atoms with Crippen molar-refractivity contribution in [1.29, 1.82) is 0 Å². The van der Waals surface area contributed by atoms with Crippen molar-refractivity contribution >= 4 is 0 Å². The van der Waals surface area contributed by atoms with Crippen molar-refractivity contribution in [1.82, 2.24) is 0 Å². The average Bonchev–Trinajstić information content (AvgIpc) is 2.17. The van der Waals surface area contributed by atoms with Crippen LogP contribution in [0.4, 0.5) is 8.78 Å². The highest BCUT2D eigenvalue weighted by molar-refractivity contribution is 5.42. The van der Waals surface area contributed by atoms with E-state index in [1.165, 1.54) is 7.11 Å². The van der Waals surface area contributed by atoms with Gasteiger partial charge in [0.25, 0.3) is 0 Å². The molecule has 1 fully saturated rings. The zero-order valence-electron chi connectivity index (χ0n) is 8.52. The summed E-state index contributed by atoms with van der Waals surface area (Å²) in [6, 6.07) is 2.15. The van der Waals surface area contributed by atoms with Crippen LogP contribution in [-0.4, -0.2) is 7.11 Å². The fourth-order valence-corrected chi connectivity index (χ4v) is 2.00. The molecule has 2 nitrogen and oxygen atoms in total. The molecule has 0 aromatic heterocycles. The molecule has 0 bridgehead atoms. The molecule has 0 atom stereocenters. The van der Waals surface area contributed by atoms with Gasteiger partial charge in [0.05, 0.1) is 12.7 Å². The van der Waals surface area contributed by atoms with Crippen molar-refractivity contribution in [2.45, 2.75) is 24.8 Å². The second-order valence-corrected chi connectivity index (χ2v) is 3.95. The van der Waals surface area contributed by atoms with Gasteiger partial charge in [-0.3, -0.25) is 0 Å². The van der Waals surface area contributed by atoms with E-state index in [0.29, 0.717) is 12.8 Å². The average molecular weight is 213 g/mol. The standard InChI is InChI=1S/C11H13F2NO/c1-15-10-8(13)4-3-7(12)9(10)11(14)5-2-6-11/h3-4H,2,5-6,14H2,1H3. The topological polar surface area (TPSA) is 35.2 Å². The third-order valence-electron chi connectivity index (χ3n) is 3.01. The minimum atomic E-state index is -0.752. The minimum absolute atomic E-state index is 0.0581. The van der Waals surface area contributed by atoms with Crippen LogP contribution in [0.5, 0.6) is 5.75 Å². The molecule has 1 saturated carbocycles. The number of hydrogen-bond donors (Lipinski definition) is 1. The normalized spacial score (nSPS) is 18.4. The van der Waals surface area contributed by atoms with E-state index in [4.69, 9.17) is 10.5 Å². The molecule has 1 aromatic carbocycles. The fourth-order valence-electron chi connectivity index (χ4n) is 2.00. The van der Waals surface area contributed by atoms with E-state index in [-0.39, 0.29) is 11.3 Å². The van der Waals surface area contributed by atoms with E-state index in [2.05, 4.69) is 0 Å². The SMILES string of the molecule is COc1c(F)ccc(F)c1C1(N)CCC1. The highest BCUT2D eigenvalue weighted by atomic mass is 19.1. The predicted molar refractivity (Wildman–Crippen MR) is 52.6 cm³/mol. The first-order valence-electron chi connectivity index (χ1n) is 4.90. The summed E-state index contributed by atoms with van der Waals surface area (Å²) >= 11 is 0. The van der Waals surface area contributed by atoms with E-state index >= 15 is 0 Å². The molecule has 82 valence electrons. The van der Waals surface area contributed by atoms with Gasteiger partial charge in [-0.2, -0.15) is 0 Å². The molecule has 1 aliphatic carbocycles. The Morgan fingerprint density at radius 3 is 2.33 bits per heavy atom. The number of hydrogen-bond acceptors (Lipinski definition) is 2. The Morgan fingerprint density at radius 2 is 1.87 bits per heavy atom. The largest absolute Gasteiger partial charge is 0.493 e. The fraction of sp³-hybridized carbons (Fsp3) is 0.455. The number of benzene rings is 1. The summed E-state index contributed by atoms with van der Waals surface area (Å²) in [5, 5.41) is 0. The van der Waals surface area contributed by atoms with Gasteiger partial charge in [-0.25, -0.2) is 8.78 Å². The zero-order chi connectivity index (χ0) is 11.1. The first-order chi connectivity index (χ1) is 7.08. The molecule has 0 saturated heterocycles. The maximum atomic E-state index is 13.6. The first-order valence-corrected chi connectivity index (χ1v) is 4.90. The summed E-state index contributed by atoms with van der Waals surface area (Å²) < 4.78 is 31.9. The highest BCUT2D eigenvalue weighted by Gasteiger charge is 2.40. The van der Waals surface area contributed by atoms with E-state index in [9.17, 15) is 8.78 Å². The maximum absolute atomic E-state index is 13.6. The van der Waals surface area contributed by atoms with Crippen LogP contribution in [0, 0.1) is 11.6 Å². The van der Waals surface area contributed by atoms with Crippen LogP contribution in [0.3, 0.4) is 0 Å². The minimum Gasteiger partial charge on any atom is -0.493 e. The first kappa shape index (κ1) is 10.4. The predicted octanol–water partition coefficient (Wildman–Crippen LogP) is 2.31. The van der Waals surface area contributed by atoms with E-state index < -0.39 is 17.2 Å². The van der Waals surface area contributed by atoms with Gasteiger partial charge in [0.1, 0.15) is 5.82 Å². The lowest BCUT2D eigenvalue weighted by Crippen LogP contribution is -2.44. The van der Waals surface area contributed by atoms with Crippen molar-refractivity contribution < 1.29 is 13.5 Å². The number of methoxy groups -OCH3 is 1. The molecule has 0 unspecified atom stereocenters. The Hall–Kier alpha value is -1.16. The van der Waals surface area contributed by atoms with E-state index in [1.54, 1.807) is 0 Å². The van der Waals surface area contributed by atoms with Crippen LogP contribution >= 0.6 is 0 Å². The maximum Gasteiger partial charge on any atom is 0.165 e. The number of nitrogens with two attached hydrogens (primary N) is 1. The molecule has 4 heteroatoms. The third kappa shape index (κ3) is 1.49. The monoisotopic (exact) mass is 213 g/mol. The number of ether oxygens (including phenoxy) is 1. The molecule has 2 N–H and O–H groups in total. The van der Waals surface area contributed by atoms with Crippen LogP contribution < -0.4 is 10.5 Å².